The van der Waals surface area contributed by atoms with E-state index in [0.717, 1.165) is 17.0 Å². The van der Waals surface area contributed by atoms with Crippen LogP contribution >= 0.6 is 11.3 Å². The maximum atomic E-state index is 13.4. The smallest absolute Gasteiger partial charge is 0.131 e. The summed E-state index contributed by atoms with van der Waals surface area (Å²) in [5.74, 6) is -1.43. The van der Waals surface area contributed by atoms with Gasteiger partial charge in [0.25, 0.3) is 0 Å². The van der Waals surface area contributed by atoms with E-state index in [2.05, 4.69) is 5.32 Å². The molecule has 0 radical (unpaired) electrons. The Labute approximate surface area is 119 Å². The van der Waals surface area contributed by atoms with Gasteiger partial charge in [-0.3, -0.25) is 0 Å². The fraction of sp³-hybridized carbons (Fsp3) is 0.214. The first-order valence-corrected chi connectivity index (χ1v) is 6.79. The van der Waals surface area contributed by atoms with Crippen LogP contribution in [0.3, 0.4) is 0 Å². The molecule has 2 rings (SSSR count). The number of thiophene rings is 1. The molecule has 0 aliphatic rings. The monoisotopic (exact) mass is 294 g/mol. The molecule has 1 aromatic carbocycles. The second-order valence-electron chi connectivity index (χ2n) is 4.23. The van der Waals surface area contributed by atoms with Crippen LogP contribution in [0.1, 0.15) is 22.1 Å². The number of nitriles is 1. The number of hydrogen-bond donors (Lipinski definition) is 2. The van der Waals surface area contributed by atoms with Crippen LogP contribution in [0.5, 0.6) is 0 Å². The minimum absolute atomic E-state index is 0.0581. The molecule has 0 saturated carbocycles. The Hall–Kier alpha value is -1.81. The fourth-order valence-electron chi connectivity index (χ4n) is 1.75. The van der Waals surface area contributed by atoms with E-state index in [1.807, 2.05) is 6.07 Å². The average molecular weight is 294 g/mol. The number of rotatable bonds is 5. The molecule has 6 heteroatoms. The van der Waals surface area contributed by atoms with Crippen molar-refractivity contribution in [1.82, 2.24) is 5.32 Å². The Bertz CT molecular complexity index is 636. The lowest BCUT2D eigenvalue weighted by Gasteiger charge is -2.12. The van der Waals surface area contributed by atoms with E-state index in [4.69, 9.17) is 5.26 Å². The van der Waals surface area contributed by atoms with E-state index in [1.165, 1.54) is 17.4 Å². The van der Waals surface area contributed by atoms with E-state index >= 15 is 0 Å². The van der Waals surface area contributed by atoms with E-state index in [-0.39, 0.29) is 12.1 Å². The molecule has 0 bridgehead atoms. The molecule has 0 fully saturated rings. The SMILES string of the molecule is N#Cc1csc(CNCC(O)c2ccc(F)cc2F)c1. The number of aliphatic hydroxyl groups is 1. The van der Waals surface area contributed by atoms with Crippen molar-refractivity contribution in [2.24, 2.45) is 0 Å². The summed E-state index contributed by atoms with van der Waals surface area (Å²) >= 11 is 1.44. The van der Waals surface area contributed by atoms with Gasteiger partial charge in [-0.1, -0.05) is 6.07 Å². The summed E-state index contributed by atoms with van der Waals surface area (Å²) in [5, 5.41) is 23.3. The third-order valence-corrected chi connectivity index (χ3v) is 3.68. The maximum Gasteiger partial charge on any atom is 0.131 e. The molecule has 1 heterocycles. The highest BCUT2D eigenvalue weighted by atomic mass is 32.1. The zero-order valence-electron chi connectivity index (χ0n) is 10.4. The third-order valence-electron chi connectivity index (χ3n) is 2.74. The molecule has 1 atom stereocenters. The minimum Gasteiger partial charge on any atom is -0.387 e. The summed E-state index contributed by atoms with van der Waals surface area (Å²) in [6.45, 7) is 0.620. The fourth-order valence-corrected chi connectivity index (χ4v) is 2.53. The van der Waals surface area contributed by atoms with Crippen molar-refractivity contribution in [1.29, 1.82) is 5.26 Å². The molecule has 1 unspecified atom stereocenters. The van der Waals surface area contributed by atoms with Crippen LogP contribution in [0.4, 0.5) is 8.78 Å². The van der Waals surface area contributed by atoms with Crippen molar-refractivity contribution in [3.05, 3.63) is 57.3 Å². The van der Waals surface area contributed by atoms with Crippen molar-refractivity contribution in [3.8, 4) is 6.07 Å². The quantitative estimate of drug-likeness (QED) is 0.891. The van der Waals surface area contributed by atoms with Crippen molar-refractivity contribution < 1.29 is 13.9 Å². The number of hydrogen-bond acceptors (Lipinski definition) is 4. The largest absolute Gasteiger partial charge is 0.387 e. The highest BCUT2D eigenvalue weighted by Gasteiger charge is 2.13. The van der Waals surface area contributed by atoms with Gasteiger partial charge in [0, 0.05) is 35.0 Å². The van der Waals surface area contributed by atoms with Gasteiger partial charge in [-0.15, -0.1) is 11.3 Å². The van der Waals surface area contributed by atoms with E-state index < -0.39 is 17.7 Å². The molecule has 0 aliphatic carbocycles. The summed E-state index contributed by atoms with van der Waals surface area (Å²) in [7, 11) is 0. The third kappa shape index (κ3) is 3.61. The molecule has 0 saturated heterocycles. The molecule has 20 heavy (non-hydrogen) atoms. The van der Waals surface area contributed by atoms with Gasteiger partial charge < -0.3 is 10.4 Å². The highest BCUT2D eigenvalue weighted by molar-refractivity contribution is 7.10. The van der Waals surface area contributed by atoms with Crippen LogP contribution in [0, 0.1) is 23.0 Å². The summed E-state index contributed by atoms with van der Waals surface area (Å²) < 4.78 is 26.2. The predicted molar refractivity (Wildman–Crippen MR) is 72.1 cm³/mol. The van der Waals surface area contributed by atoms with Crippen LogP contribution in [0.2, 0.25) is 0 Å². The normalized spacial score (nSPS) is 12.1. The second-order valence-corrected chi connectivity index (χ2v) is 5.22. The van der Waals surface area contributed by atoms with Gasteiger partial charge in [0.1, 0.15) is 17.7 Å². The van der Waals surface area contributed by atoms with Crippen molar-refractivity contribution >= 4 is 11.3 Å². The minimum atomic E-state index is -1.05. The van der Waals surface area contributed by atoms with Gasteiger partial charge in [0.05, 0.1) is 11.7 Å². The zero-order chi connectivity index (χ0) is 14.5. The lowest BCUT2D eigenvalue weighted by Crippen LogP contribution is -2.21. The summed E-state index contributed by atoms with van der Waals surface area (Å²) in [6, 6.07) is 6.88. The molecule has 1 aromatic heterocycles. The van der Waals surface area contributed by atoms with E-state index in [0.29, 0.717) is 12.1 Å². The molecule has 2 N–H and O–H groups in total. The van der Waals surface area contributed by atoms with Gasteiger partial charge in [-0.05, 0) is 12.1 Å². The number of benzene rings is 1. The van der Waals surface area contributed by atoms with Crippen LogP contribution in [-0.4, -0.2) is 11.7 Å². The number of nitrogens with zero attached hydrogens (tertiary/aromatic N) is 1. The Balaban J connectivity index is 1.89. The lowest BCUT2D eigenvalue weighted by atomic mass is 10.1. The van der Waals surface area contributed by atoms with Gasteiger partial charge in [-0.2, -0.15) is 5.26 Å². The first kappa shape index (κ1) is 14.6. The standard InChI is InChI=1S/C14H12F2N2OS/c15-10-1-2-12(13(16)4-10)14(19)7-18-6-11-3-9(5-17)8-20-11/h1-4,8,14,18-19H,6-7H2. The molecular formula is C14H12F2N2OS. The van der Waals surface area contributed by atoms with Crippen LogP contribution in [0.15, 0.2) is 29.6 Å². The van der Waals surface area contributed by atoms with E-state index in [9.17, 15) is 13.9 Å². The lowest BCUT2D eigenvalue weighted by molar-refractivity contribution is 0.169. The Morgan fingerprint density at radius 1 is 1.35 bits per heavy atom. The van der Waals surface area contributed by atoms with Gasteiger partial charge in [0.15, 0.2) is 0 Å². The highest BCUT2D eigenvalue weighted by Crippen LogP contribution is 2.18. The Kier molecular flexibility index (Phi) is 4.79. The maximum absolute atomic E-state index is 13.4. The first-order valence-electron chi connectivity index (χ1n) is 5.91. The number of aliphatic hydroxyl groups excluding tert-OH is 1. The molecule has 3 nitrogen and oxygen atoms in total. The van der Waals surface area contributed by atoms with Crippen LogP contribution in [0.25, 0.3) is 0 Å². The van der Waals surface area contributed by atoms with Gasteiger partial charge in [-0.25, -0.2) is 8.78 Å². The Morgan fingerprint density at radius 3 is 2.80 bits per heavy atom. The van der Waals surface area contributed by atoms with Gasteiger partial charge in [0.2, 0.25) is 0 Å². The summed E-state index contributed by atoms with van der Waals surface area (Å²) in [6.07, 6.45) is -1.05. The Morgan fingerprint density at radius 2 is 2.15 bits per heavy atom. The first-order chi connectivity index (χ1) is 9.60. The zero-order valence-corrected chi connectivity index (χ0v) is 11.3. The molecule has 0 spiro atoms. The summed E-state index contributed by atoms with van der Waals surface area (Å²) in [5.41, 5.74) is 0.653. The van der Waals surface area contributed by atoms with Crippen molar-refractivity contribution in [2.45, 2.75) is 12.6 Å². The number of halogens is 2. The molecule has 0 aliphatic heterocycles. The topological polar surface area (TPSA) is 56.0 Å². The van der Waals surface area contributed by atoms with Crippen molar-refractivity contribution in [3.63, 3.8) is 0 Å². The van der Waals surface area contributed by atoms with Crippen LogP contribution in [-0.2, 0) is 6.54 Å². The molecule has 104 valence electrons. The number of nitrogens with one attached hydrogen (secondary N) is 1. The molecule has 0 amide bonds. The average Bonchev–Trinajstić information content (AvgIpc) is 2.86. The van der Waals surface area contributed by atoms with Crippen molar-refractivity contribution in [2.75, 3.05) is 6.54 Å². The van der Waals surface area contributed by atoms with E-state index in [1.54, 1.807) is 11.4 Å². The second kappa shape index (κ2) is 6.57. The molecular weight excluding hydrogens is 282 g/mol. The van der Waals surface area contributed by atoms with Gasteiger partial charge >= 0.3 is 0 Å². The molecule has 2 aromatic rings. The predicted octanol–water partition coefficient (Wildman–Crippen LogP) is 2.72. The van der Waals surface area contributed by atoms with Crippen LogP contribution < -0.4 is 5.32 Å². The summed E-state index contributed by atoms with van der Waals surface area (Å²) in [4.78, 5) is 0.952.